The first-order valence-corrected chi connectivity index (χ1v) is 46.0. The second-order valence-corrected chi connectivity index (χ2v) is 36.8. The Labute approximate surface area is 824 Å². The molecular formula is C93H167BrCl2F3MgN11O21. The van der Waals surface area contributed by atoms with Crippen molar-refractivity contribution in [1.82, 2.24) is 54.4 Å². The summed E-state index contributed by atoms with van der Waals surface area (Å²) in [5.74, 6) is 0.224. The molecule has 3 N–H and O–H groups in total. The van der Waals surface area contributed by atoms with Crippen LogP contribution in [0.5, 0.6) is 0 Å². The minimum absolute atomic E-state index is 0. The number of allylic oxidation sites excluding steroid dienone is 2. The Morgan fingerprint density at radius 2 is 0.773 bits per heavy atom. The molecule has 8 heterocycles. The Bertz CT molecular complexity index is 3530. The van der Waals surface area contributed by atoms with E-state index in [-0.39, 0.29) is 144 Å². The van der Waals surface area contributed by atoms with E-state index in [1.165, 1.54) is 55.3 Å². The number of carbonyl (C=O) groups excluding carboxylic acids is 10. The molecule has 6 aliphatic rings. The number of carboxylic acid groups (broad SMARTS) is 1. The average molecular weight is 2010 g/mol. The summed E-state index contributed by atoms with van der Waals surface area (Å²) in [6.07, 6.45) is 6.66. The number of halogens is 6. The Morgan fingerprint density at radius 3 is 0.992 bits per heavy atom. The molecule has 132 heavy (non-hydrogen) atoms. The zero-order valence-corrected chi connectivity index (χ0v) is 88.7. The fraction of sp³-hybridized carbons (Fsp3) is 0.785. The van der Waals surface area contributed by atoms with Crippen molar-refractivity contribution >= 4 is 112 Å². The van der Waals surface area contributed by atoms with Crippen molar-refractivity contribution in [3.05, 3.63) is 54.2 Å². The van der Waals surface area contributed by atoms with Gasteiger partial charge in [-0.3, -0.25) is 43.0 Å². The van der Waals surface area contributed by atoms with Crippen LogP contribution in [0.25, 0.3) is 0 Å². The number of amides is 6. The Hall–Kier alpha value is -6.77. The Balaban J connectivity index is -0.000000345. The molecule has 0 spiro atoms. The Kier molecular flexibility index (Phi) is 72.0. The van der Waals surface area contributed by atoms with Gasteiger partial charge in [-0.15, -0.1) is 23.2 Å². The normalized spacial score (nSPS) is 15.8. The number of Topliss-reactive ketones (excluding diaryl/α,β-unsaturated/α-hetero) is 1. The molecule has 0 atom stereocenters. The number of aromatic nitrogens is 4. The molecule has 0 aliphatic carbocycles. The van der Waals surface area contributed by atoms with Gasteiger partial charge >= 0.3 is 71.6 Å². The van der Waals surface area contributed by atoms with E-state index < -0.39 is 46.4 Å². The van der Waals surface area contributed by atoms with Crippen molar-refractivity contribution in [2.45, 2.75) is 335 Å². The summed E-state index contributed by atoms with van der Waals surface area (Å²) in [5.41, 5.74) is 2.82. The quantitative estimate of drug-likeness (QED) is 0.0162. The first-order chi connectivity index (χ1) is 59.4. The van der Waals surface area contributed by atoms with E-state index in [4.69, 9.17) is 66.4 Å². The van der Waals surface area contributed by atoms with Gasteiger partial charge in [0.05, 0.1) is 42.6 Å². The molecule has 0 aromatic carbocycles. The van der Waals surface area contributed by atoms with Crippen molar-refractivity contribution in [1.29, 1.82) is 0 Å². The average Bonchev–Trinajstić information content (AvgIpc) is 1.69. The van der Waals surface area contributed by atoms with E-state index in [1.54, 1.807) is 47.4 Å². The third-order valence-electron chi connectivity index (χ3n) is 19.9. The second kappa shape index (κ2) is 69.9. The molecule has 6 saturated heterocycles. The molecule has 39 heteroatoms. The third kappa shape index (κ3) is 61.3. The molecule has 2 aromatic heterocycles. The first kappa shape index (κ1) is 136. The number of aldehydes is 1. The number of aliphatic carboxylic acids is 1. The van der Waals surface area contributed by atoms with Crippen molar-refractivity contribution in [3.8, 4) is 0 Å². The van der Waals surface area contributed by atoms with Crippen LogP contribution in [-0.2, 0) is 92.7 Å². The van der Waals surface area contributed by atoms with Crippen LogP contribution in [0.2, 0.25) is 0 Å². The number of rotatable bonds is 16. The molecule has 32 nitrogen and oxygen atoms in total. The minimum atomic E-state index is -4.64. The van der Waals surface area contributed by atoms with E-state index in [1.807, 2.05) is 123 Å². The fourth-order valence-corrected chi connectivity index (χ4v) is 13.1. The van der Waals surface area contributed by atoms with Gasteiger partial charge in [0.15, 0.2) is 5.78 Å². The molecule has 0 bridgehead atoms. The molecule has 2 aromatic rings. The van der Waals surface area contributed by atoms with Crippen LogP contribution in [0.1, 0.15) is 298 Å². The number of hydroxylamine groups is 2. The number of likely N-dealkylation sites (tertiary alicyclic amines) is 5. The summed E-state index contributed by atoms with van der Waals surface area (Å²) in [5, 5.41) is 32.8. The van der Waals surface area contributed by atoms with E-state index in [0.717, 1.165) is 103 Å². The standard InChI is InChI=1S/C17H29N3O2.C15H25NO4.C13H24N2O4.C12H21N3.C12H21NO3.C11H19NO4.C4H8O2.C4H10O.C2HF3O.CH2Cl2.CH4.CH3.BrH.Mg/c1-6-14-12-15(20(7-2)18-14)13-8-10-19(11-9-13)16(21)22-17(3,4)5;1-5-12(17)10-13(18)11-6-8-16(9-7-11)14(19)20-15(2,3)4;1-13(2,3)19-12(17)15-8-6-10(7-9-15)11(16)14(4)18-5;1-3-11-9-12(15(4-2)14-11)10-5-7-13-8-6-10;1-9(14)10-5-7-13(8-6-10)11(15)16-12(2,3)4;1-11(2,3)16-10(15)12-6-4-8(5-7-12)9(13)14;1-3-4(5)6-2;1-3-5-4-2;3-2(4,5)1-6;2-1-3;;;;/h12-13H,6-11H2,1-5H3;10-11,18H,5-9H2,1-4H3;10H,6-9H2,1-5H3;9-10,13H,3-8H2,1-2H3;10H,5-8H2,1-4H3;8H,4-7H2,1-3H3,(H,13,14);3H2,1-2H3;3-4H2,1-2H3;1H;1H2;1H4;1H3;1H;/q;;;;;;;;;;;-1;;+2/p-1. The number of aryl methyl sites for hydroxylation is 4. The summed E-state index contributed by atoms with van der Waals surface area (Å²) >= 11 is 9.53. The van der Waals surface area contributed by atoms with Gasteiger partial charge in [0.2, 0.25) is 12.2 Å². The van der Waals surface area contributed by atoms with Crippen molar-refractivity contribution in [2.24, 2.45) is 23.7 Å². The van der Waals surface area contributed by atoms with Gasteiger partial charge in [-0.2, -0.15) is 23.4 Å². The van der Waals surface area contributed by atoms with E-state index >= 15 is 0 Å². The summed E-state index contributed by atoms with van der Waals surface area (Å²) < 4.78 is 71.2. The monoisotopic (exact) mass is 2000 g/mol. The number of ether oxygens (including phenoxy) is 7. The number of ketones is 2. The number of methoxy groups -OCH3 is 1. The van der Waals surface area contributed by atoms with Crippen molar-refractivity contribution in [2.75, 3.05) is 118 Å². The van der Waals surface area contributed by atoms with Gasteiger partial charge in [0.25, 0.3) is 0 Å². The van der Waals surface area contributed by atoms with E-state index in [9.17, 15) is 66.2 Å². The number of esters is 1. The summed E-state index contributed by atoms with van der Waals surface area (Å²) in [6.45, 7) is 57.3. The van der Waals surface area contributed by atoms with Crippen LogP contribution in [-0.4, -0.2) is 301 Å². The molecule has 6 amide bonds. The molecular weight excluding hydrogens is 1840 g/mol. The van der Waals surface area contributed by atoms with Crippen molar-refractivity contribution < 1.29 is 131 Å². The molecule has 764 valence electrons. The third-order valence-corrected chi connectivity index (χ3v) is 19.9. The number of nitrogens with one attached hydrogen (secondary N) is 1. The van der Waals surface area contributed by atoms with Gasteiger partial charge in [0, 0.05) is 159 Å². The number of nitrogens with zero attached hydrogens (tertiary/aromatic N) is 10. The number of hydrogen-bond donors (Lipinski definition) is 3. The zero-order valence-electron chi connectivity index (χ0n) is 84.2. The predicted molar refractivity (Wildman–Crippen MR) is 507 cm³/mol. The maximum absolute atomic E-state index is 12.1. The molecule has 0 radical (unpaired) electrons. The number of carboxylic acids is 1. The van der Waals surface area contributed by atoms with Gasteiger partial charge in [-0.25, -0.2) is 29.0 Å². The van der Waals surface area contributed by atoms with E-state index in [0.29, 0.717) is 110 Å². The molecule has 0 unspecified atom stereocenters. The molecule has 8 rings (SSSR count). The first-order valence-electron chi connectivity index (χ1n) is 45.0. The van der Waals surface area contributed by atoms with Crippen molar-refractivity contribution in [3.63, 3.8) is 0 Å². The SMILES string of the molecule is C.CC(=O)C1CCN(C(=O)OC(C)(C)C)CC1.CC(C)(C)OC(=O)N1CCC(C(=O)O)CC1.CCC(=O)C=C(O)C1CCN(C(=O)OC(C)(C)C)CC1.CCC(=O)OC.CCOCC.CCc1cc(C2CCN(C(=O)OC(C)(C)C)CC2)n(CC)n1.CCc1cc(C2CCNCC2)n(CC)n1.CON(C)C(=O)C1CCN(C(=O)OC(C)(C)C)CC1.ClCCl.O=CC(F)(F)F.[Br-].[CH3-].[Mg+2]. The van der Waals surface area contributed by atoms with Gasteiger partial charge in [-0.05, 0) is 254 Å². The maximum Gasteiger partial charge on any atom is 2.00 e. The summed E-state index contributed by atoms with van der Waals surface area (Å²) in [4.78, 5) is 136. The fourth-order valence-electron chi connectivity index (χ4n) is 13.1. The number of aliphatic hydroxyl groups is 1. The second-order valence-electron chi connectivity index (χ2n) is 36.0. The number of carbonyl (C=O) groups is 11. The predicted octanol–water partition coefficient (Wildman–Crippen LogP) is 15.7. The number of piperidine rings is 6. The van der Waals surface area contributed by atoms with Crippen LogP contribution < -0.4 is 22.3 Å². The van der Waals surface area contributed by atoms with Crippen LogP contribution in [0, 0.1) is 31.1 Å². The molecule has 6 fully saturated rings. The largest absolute Gasteiger partial charge is 2.00 e. The van der Waals surface area contributed by atoms with Gasteiger partial charge in [-0.1, -0.05) is 35.1 Å². The van der Waals surface area contributed by atoms with Crippen LogP contribution in [0.15, 0.2) is 24.0 Å². The minimum Gasteiger partial charge on any atom is -1.00 e. The van der Waals surface area contributed by atoms with E-state index in [2.05, 4.69) is 69.4 Å². The number of aliphatic hydroxyl groups excluding tert-OH is 1. The summed E-state index contributed by atoms with van der Waals surface area (Å²) in [7, 11) is 4.45. The van der Waals surface area contributed by atoms with Crippen LogP contribution in [0.4, 0.5) is 37.1 Å². The van der Waals surface area contributed by atoms with Crippen LogP contribution >= 0.6 is 23.2 Å². The maximum atomic E-state index is 12.1. The number of alkyl halides is 5. The molecule has 6 aliphatic heterocycles. The topological polar surface area (TPSA) is 369 Å². The zero-order chi connectivity index (χ0) is 98.7. The number of hydrogen-bond acceptors (Lipinski definition) is 23. The van der Waals surface area contributed by atoms with Crippen LogP contribution in [0.3, 0.4) is 0 Å². The Morgan fingerprint density at radius 1 is 0.492 bits per heavy atom. The summed E-state index contributed by atoms with van der Waals surface area (Å²) in [6, 6.07) is 4.54. The van der Waals surface area contributed by atoms with Gasteiger partial charge < -0.3 is 97.6 Å². The van der Waals surface area contributed by atoms with Gasteiger partial charge in [0.1, 0.15) is 33.8 Å². The molecule has 0 saturated carbocycles. The smallest absolute Gasteiger partial charge is 1.00 e.